The number of non-ortho nitro benzene ring substituents is 1. The number of rotatable bonds is 5. The summed E-state index contributed by atoms with van der Waals surface area (Å²) >= 11 is 1.33. The lowest BCUT2D eigenvalue weighted by atomic mass is 10.0. The quantitative estimate of drug-likeness (QED) is 0.396. The molecule has 0 bridgehead atoms. The summed E-state index contributed by atoms with van der Waals surface area (Å²) in [7, 11) is 0. The molecule has 1 unspecified atom stereocenters. The number of amides is 1. The normalized spacial score (nSPS) is 17.9. The van der Waals surface area contributed by atoms with Gasteiger partial charge in [-0.25, -0.2) is 0 Å². The molecule has 0 aromatic heterocycles. The van der Waals surface area contributed by atoms with Crippen molar-refractivity contribution < 1.29 is 9.72 Å². The summed E-state index contributed by atoms with van der Waals surface area (Å²) in [6.07, 6.45) is 2.01. The number of benzene rings is 3. The summed E-state index contributed by atoms with van der Waals surface area (Å²) < 4.78 is 0. The van der Waals surface area contributed by atoms with E-state index in [0.29, 0.717) is 17.2 Å². The van der Waals surface area contributed by atoms with Gasteiger partial charge in [0, 0.05) is 17.7 Å². The van der Waals surface area contributed by atoms with Crippen molar-refractivity contribution in [3.63, 3.8) is 0 Å². The lowest BCUT2D eigenvalue weighted by Gasteiger charge is -2.09. The molecular formula is C21H16N4O3S. The Morgan fingerprint density at radius 2 is 1.90 bits per heavy atom. The minimum Gasteiger partial charge on any atom is -0.303 e. The second-order valence-corrected chi connectivity index (χ2v) is 7.63. The fourth-order valence-electron chi connectivity index (χ4n) is 3.12. The van der Waals surface area contributed by atoms with Crippen molar-refractivity contribution in [2.45, 2.75) is 11.7 Å². The Labute approximate surface area is 170 Å². The minimum atomic E-state index is -0.464. The topological polar surface area (TPSA) is 97.0 Å². The maximum Gasteiger partial charge on any atom is 0.270 e. The molecule has 1 atom stereocenters. The summed E-state index contributed by atoms with van der Waals surface area (Å²) in [6, 6.07) is 20.3. The summed E-state index contributed by atoms with van der Waals surface area (Å²) in [5.41, 5.74) is 1.66. The molecule has 8 heteroatoms. The summed E-state index contributed by atoms with van der Waals surface area (Å²) in [5.74, 6) is -0.104. The predicted octanol–water partition coefficient (Wildman–Crippen LogP) is 3.91. The zero-order valence-electron chi connectivity index (χ0n) is 15.2. The molecule has 1 heterocycles. The number of amidine groups is 1. The van der Waals surface area contributed by atoms with Crippen LogP contribution in [0.2, 0.25) is 0 Å². The minimum absolute atomic E-state index is 0.0136. The van der Waals surface area contributed by atoms with Crippen molar-refractivity contribution in [2.24, 2.45) is 10.2 Å². The highest BCUT2D eigenvalue weighted by Gasteiger charge is 2.30. The van der Waals surface area contributed by atoms with E-state index in [1.165, 1.54) is 30.1 Å². The van der Waals surface area contributed by atoms with Crippen LogP contribution in [0.1, 0.15) is 11.1 Å². The van der Waals surface area contributed by atoms with Crippen molar-refractivity contribution in [1.29, 1.82) is 0 Å². The SMILES string of the molecule is O=C1N/C(=N\N=C\c2cccc([N+](=O)[O-])c2)SC1Cc1cccc2ccccc12. The molecule has 1 saturated heterocycles. The van der Waals surface area contributed by atoms with Gasteiger partial charge < -0.3 is 5.32 Å². The maximum absolute atomic E-state index is 12.3. The zero-order valence-corrected chi connectivity index (χ0v) is 16.0. The van der Waals surface area contributed by atoms with Crippen LogP contribution in [0.4, 0.5) is 5.69 Å². The van der Waals surface area contributed by atoms with E-state index in [4.69, 9.17) is 0 Å². The highest BCUT2D eigenvalue weighted by molar-refractivity contribution is 8.15. The van der Waals surface area contributed by atoms with Crippen LogP contribution in [0, 0.1) is 10.1 Å². The number of carbonyl (C=O) groups is 1. The summed E-state index contributed by atoms with van der Waals surface area (Å²) in [4.78, 5) is 22.7. The van der Waals surface area contributed by atoms with Gasteiger partial charge in [0.05, 0.1) is 16.4 Å². The van der Waals surface area contributed by atoms with Crippen molar-refractivity contribution >= 4 is 45.5 Å². The van der Waals surface area contributed by atoms with Gasteiger partial charge in [0.2, 0.25) is 5.91 Å². The third-order valence-corrected chi connectivity index (χ3v) is 5.57. The van der Waals surface area contributed by atoms with Gasteiger partial charge in [-0.05, 0) is 22.8 Å². The number of nitrogens with one attached hydrogen (secondary N) is 1. The first kappa shape index (κ1) is 18.8. The summed E-state index contributed by atoms with van der Waals surface area (Å²) in [5, 5.41) is 24.0. The molecule has 0 radical (unpaired) electrons. The fourth-order valence-corrected chi connectivity index (χ4v) is 4.08. The Kier molecular flexibility index (Phi) is 5.35. The van der Waals surface area contributed by atoms with E-state index < -0.39 is 4.92 Å². The van der Waals surface area contributed by atoms with Gasteiger partial charge >= 0.3 is 0 Å². The van der Waals surface area contributed by atoms with Gasteiger partial charge in [-0.1, -0.05) is 66.4 Å². The van der Waals surface area contributed by atoms with E-state index in [1.807, 2.05) is 24.3 Å². The molecule has 1 aliphatic heterocycles. The number of nitro groups is 1. The second-order valence-electron chi connectivity index (χ2n) is 6.44. The van der Waals surface area contributed by atoms with Crippen LogP contribution in [-0.4, -0.2) is 27.5 Å². The van der Waals surface area contributed by atoms with Crippen molar-refractivity contribution in [2.75, 3.05) is 0 Å². The van der Waals surface area contributed by atoms with E-state index in [-0.39, 0.29) is 16.8 Å². The predicted molar refractivity (Wildman–Crippen MR) is 115 cm³/mol. The van der Waals surface area contributed by atoms with Gasteiger partial charge in [-0.3, -0.25) is 14.9 Å². The van der Waals surface area contributed by atoms with E-state index in [2.05, 4.69) is 33.7 Å². The highest BCUT2D eigenvalue weighted by atomic mass is 32.2. The standard InChI is InChI=1S/C21H16N4O3S/c26-20-19(12-16-8-4-7-15-6-1-2-10-18(15)16)29-21(23-20)24-22-13-14-5-3-9-17(11-14)25(27)28/h1-11,13,19H,12H2,(H,23,24,26)/b22-13+. The Bertz CT molecular complexity index is 1150. The average Bonchev–Trinajstić information content (AvgIpc) is 3.07. The summed E-state index contributed by atoms with van der Waals surface area (Å²) in [6.45, 7) is 0. The van der Waals surface area contributed by atoms with Gasteiger partial charge in [0.1, 0.15) is 0 Å². The van der Waals surface area contributed by atoms with Gasteiger partial charge in [-0.2, -0.15) is 5.10 Å². The number of hydrogen-bond donors (Lipinski definition) is 1. The first-order valence-electron chi connectivity index (χ1n) is 8.90. The van der Waals surface area contributed by atoms with Gasteiger partial charge in [-0.15, -0.1) is 5.10 Å². The number of carbonyl (C=O) groups excluding carboxylic acids is 1. The molecule has 1 fully saturated rings. The van der Waals surface area contributed by atoms with Gasteiger partial charge in [0.25, 0.3) is 5.69 Å². The Hall–Kier alpha value is -3.52. The van der Waals surface area contributed by atoms with Crippen molar-refractivity contribution in [1.82, 2.24) is 5.32 Å². The molecule has 0 spiro atoms. The van der Waals surface area contributed by atoms with Gasteiger partial charge in [0.15, 0.2) is 5.17 Å². The van der Waals surface area contributed by atoms with Crippen LogP contribution in [0.25, 0.3) is 10.8 Å². The largest absolute Gasteiger partial charge is 0.303 e. The number of hydrogen-bond acceptors (Lipinski definition) is 6. The third-order valence-electron chi connectivity index (χ3n) is 4.50. The molecule has 29 heavy (non-hydrogen) atoms. The number of nitrogens with zero attached hydrogens (tertiary/aromatic N) is 3. The molecule has 3 aromatic rings. The molecule has 3 aromatic carbocycles. The van der Waals surface area contributed by atoms with E-state index >= 15 is 0 Å². The number of fused-ring (bicyclic) bond motifs is 1. The molecule has 144 valence electrons. The average molecular weight is 404 g/mol. The molecule has 1 N–H and O–H groups in total. The molecular weight excluding hydrogens is 388 g/mol. The Morgan fingerprint density at radius 3 is 2.76 bits per heavy atom. The van der Waals surface area contributed by atoms with Crippen LogP contribution in [-0.2, 0) is 11.2 Å². The van der Waals surface area contributed by atoms with Crippen molar-refractivity contribution in [3.05, 3.63) is 88.0 Å². The number of thioether (sulfide) groups is 1. The number of nitro benzene ring substituents is 1. The first-order chi connectivity index (χ1) is 14.1. The highest BCUT2D eigenvalue weighted by Crippen LogP contribution is 2.27. The van der Waals surface area contributed by atoms with Crippen LogP contribution in [0.15, 0.2) is 76.9 Å². The molecule has 1 aliphatic rings. The third kappa shape index (κ3) is 4.33. The van der Waals surface area contributed by atoms with Crippen LogP contribution < -0.4 is 5.32 Å². The Balaban J connectivity index is 1.46. The van der Waals surface area contributed by atoms with Crippen LogP contribution >= 0.6 is 11.8 Å². The van der Waals surface area contributed by atoms with Crippen molar-refractivity contribution in [3.8, 4) is 0 Å². The van der Waals surface area contributed by atoms with Crippen LogP contribution in [0.5, 0.6) is 0 Å². The first-order valence-corrected chi connectivity index (χ1v) is 9.78. The van der Waals surface area contributed by atoms with Crippen LogP contribution in [0.3, 0.4) is 0 Å². The smallest absolute Gasteiger partial charge is 0.270 e. The molecule has 4 rings (SSSR count). The fraction of sp³-hybridized carbons (Fsp3) is 0.0952. The lowest BCUT2D eigenvalue weighted by molar-refractivity contribution is -0.384. The van der Waals surface area contributed by atoms with E-state index in [0.717, 1.165) is 16.3 Å². The molecule has 0 aliphatic carbocycles. The zero-order chi connectivity index (χ0) is 20.2. The Morgan fingerprint density at radius 1 is 1.10 bits per heavy atom. The maximum atomic E-state index is 12.3. The van der Waals surface area contributed by atoms with E-state index in [9.17, 15) is 14.9 Å². The second kappa shape index (κ2) is 8.24. The molecule has 0 saturated carbocycles. The van der Waals surface area contributed by atoms with E-state index in [1.54, 1.807) is 12.1 Å². The molecule has 1 amide bonds. The monoisotopic (exact) mass is 404 g/mol. The molecule has 7 nitrogen and oxygen atoms in total. The lowest BCUT2D eigenvalue weighted by Crippen LogP contribution is -2.26.